The molecule has 6 heteroatoms. The third-order valence-electron chi connectivity index (χ3n) is 10.8. The van der Waals surface area contributed by atoms with E-state index in [-0.39, 0.29) is 5.75 Å². The normalized spacial score (nSPS) is 11.6. The minimum Gasteiger partial charge on any atom is -0.507 e. The lowest BCUT2D eigenvalue weighted by Gasteiger charge is -2.18. The van der Waals surface area contributed by atoms with Crippen LogP contribution >= 0.6 is 11.3 Å². The summed E-state index contributed by atoms with van der Waals surface area (Å²) >= 11 is 1.75. The Labute approximate surface area is 332 Å². The van der Waals surface area contributed by atoms with Crippen molar-refractivity contribution in [1.29, 1.82) is 0 Å². The average molecular weight is 749 g/mol. The van der Waals surface area contributed by atoms with Gasteiger partial charge in [0.05, 0.1) is 16.7 Å². The van der Waals surface area contributed by atoms with Gasteiger partial charge in [-0.25, -0.2) is 15.0 Å². The van der Waals surface area contributed by atoms with E-state index in [0.717, 1.165) is 75.8 Å². The molecule has 0 aliphatic heterocycles. The van der Waals surface area contributed by atoms with E-state index in [0.29, 0.717) is 17.5 Å². The van der Waals surface area contributed by atoms with Gasteiger partial charge in [-0.15, -0.1) is 11.3 Å². The fourth-order valence-corrected chi connectivity index (χ4v) is 9.47. The molecule has 0 aliphatic carbocycles. The summed E-state index contributed by atoms with van der Waals surface area (Å²) < 4.78 is 4.59. The first kappa shape index (κ1) is 33.0. The zero-order valence-electron chi connectivity index (χ0n) is 30.5. The smallest absolute Gasteiger partial charge is 0.164 e. The van der Waals surface area contributed by atoms with E-state index in [1.807, 2.05) is 66.7 Å². The van der Waals surface area contributed by atoms with Crippen molar-refractivity contribution in [3.63, 3.8) is 0 Å². The number of thiophene rings is 1. The van der Waals surface area contributed by atoms with E-state index in [4.69, 9.17) is 15.0 Å². The van der Waals surface area contributed by atoms with Crippen LogP contribution in [-0.2, 0) is 0 Å². The molecule has 0 aliphatic rings. The van der Waals surface area contributed by atoms with Crippen molar-refractivity contribution >= 4 is 53.3 Å². The Morgan fingerprint density at radius 2 is 0.860 bits per heavy atom. The SMILES string of the molecule is Oc1cccc(-c2cccc3sc4cccc(-c5nc(-c6ccccc6)nc(-c6ccccc6)n5)c4c23)c1-c1ccccc1-n1c2ccccc2c2ccccc21. The maximum atomic E-state index is 12.0. The van der Waals surface area contributed by atoms with Crippen molar-refractivity contribution in [3.05, 3.63) is 188 Å². The van der Waals surface area contributed by atoms with Gasteiger partial charge in [0, 0.05) is 58.8 Å². The summed E-state index contributed by atoms with van der Waals surface area (Å²) in [6.45, 7) is 0. The fourth-order valence-electron chi connectivity index (χ4n) is 8.32. The number of rotatable bonds is 6. The highest BCUT2D eigenvalue weighted by molar-refractivity contribution is 7.26. The second-order valence-electron chi connectivity index (χ2n) is 14.1. The lowest BCUT2D eigenvalue weighted by Crippen LogP contribution is -2.00. The van der Waals surface area contributed by atoms with Crippen LogP contribution in [0.4, 0.5) is 0 Å². The molecule has 0 saturated heterocycles. The van der Waals surface area contributed by atoms with E-state index in [1.165, 1.54) is 10.8 Å². The number of phenols is 1. The Morgan fingerprint density at radius 1 is 0.386 bits per heavy atom. The van der Waals surface area contributed by atoms with Crippen molar-refractivity contribution < 1.29 is 5.11 Å². The van der Waals surface area contributed by atoms with Crippen LogP contribution in [0.25, 0.3) is 104 Å². The molecule has 0 spiro atoms. The maximum Gasteiger partial charge on any atom is 0.164 e. The molecule has 11 rings (SSSR count). The molecular formula is C51H32N4OS. The largest absolute Gasteiger partial charge is 0.507 e. The van der Waals surface area contributed by atoms with Crippen molar-refractivity contribution in [1.82, 2.24) is 19.5 Å². The molecule has 3 aromatic heterocycles. The van der Waals surface area contributed by atoms with E-state index in [1.54, 1.807) is 17.4 Å². The first-order valence-corrected chi connectivity index (χ1v) is 19.7. The summed E-state index contributed by atoms with van der Waals surface area (Å²) in [5.74, 6) is 2.06. The zero-order chi connectivity index (χ0) is 37.9. The molecular weight excluding hydrogens is 717 g/mol. The standard InChI is InChI=1S/C51H32N4OS/c56-43-29-13-23-36(46(43)38-22-9-12-28-42(38)55-40-26-10-7-20-34(40)35-21-8-11-27-41(35)55)37-24-14-30-44-47(37)48-39(25-15-31-45(48)57-44)51-53-49(32-16-3-1-4-17-32)52-50(54-51)33-18-5-2-6-19-33/h1-31,56H. The van der Waals surface area contributed by atoms with Gasteiger partial charge in [-0.1, -0.05) is 152 Å². The number of hydrogen-bond donors (Lipinski definition) is 1. The maximum absolute atomic E-state index is 12.0. The molecule has 5 nitrogen and oxygen atoms in total. The molecule has 1 N–H and O–H groups in total. The minimum absolute atomic E-state index is 0.218. The summed E-state index contributed by atoms with van der Waals surface area (Å²) in [6, 6.07) is 64.3. The quantitative estimate of drug-likeness (QED) is 0.184. The first-order valence-electron chi connectivity index (χ1n) is 18.9. The van der Waals surface area contributed by atoms with Gasteiger partial charge in [-0.2, -0.15) is 0 Å². The van der Waals surface area contributed by atoms with Gasteiger partial charge in [-0.3, -0.25) is 0 Å². The van der Waals surface area contributed by atoms with Crippen molar-refractivity contribution in [3.8, 4) is 67.9 Å². The summed E-state index contributed by atoms with van der Waals surface area (Å²) in [4.78, 5) is 15.3. The number of nitrogens with zero attached hydrogens (tertiary/aromatic N) is 4. The molecule has 0 saturated carbocycles. The molecule has 0 fully saturated rings. The van der Waals surface area contributed by atoms with E-state index in [9.17, 15) is 5.11 Å². The van der Waals surface area contributed by atoms with E-state index < -0.39 is 0 Å². The Balaban J connectivity index is 1.17. The topological polar surface area (TPSA) is 63.8 Å². The van der Waals surface area contributed by atoms with Gasteiger partial charge in [-0.05, 0) is 47.5 Å². The number of benzene rings is 8. The number of para-hydroxylation sites is 3. The summed E-state index contributed by atoms with van der Waals surface area (Å²) in [7, 11) is 0. The zero-order valence-corrected chi connectivity index (χ0v) is 31.4. The number of phenolic OH excluding ortho intramolecular Hbond substituents is 1. The lowest BCUT2D eigenvalue weighted by atomic mass is 9.89. The number of aromatic hydroxyl groups is 1. The molecule has 0 atom stereocenters. The Morgan fingerprint density at radius 3 is 1.51 bits per heavy atom. The average Bonchev–Trinajstić information content (AvgIpc) is 3.83. The molecule has 11 aromatic rings. The van der Waals surface area contributed by atoms with Crippen LogP contribution in [0.3, 0.4) is 0 Å². The van der Waals surface area contributed by atoms with Crippen LogP contribution in [0, 0.1) is 0 Å². The first-order chi connectivity index (χ1) is 28.2. The third kappa shape index (κ3) is 5.41. The minimum atomic E-state index is 0.218. The molecule has 3 heterocycles. The van der Waals surface area contributed by atoms with Crippen LogP contribution < -0.4 is 0 Å². The second kappa shape index (κ2) is 13.4. The Bertz CT molecular complexity index is 3200. The van der Waals surface area contributed by atoms with Crippen molar-refractivity contribution in [2.75, 3.05) is 0 Å². The van der Waals surface area contributed by atoms with Crippen LogP contribution in [0.5, 0.6) is 5.75 Å². The Hall–Kier alpha value is -7.41. The van der Waals surface area contributed by atoms with Gasteiger partial charge in [0.15, 0.2) is 17.5 Å². The van der Waals surface area contributed by atoms with E-state index in [2.05, 4.69) is 120 Å². The molecule has 0 unspecified atom stereocenters. The lowest BCUT2D eigenvalue weighted by molar-refractivity contribution is 0.477. The Kier molecular flexibility index (Phi) is 7.76. The van der Waals surface area contributed by atoms with Crippen molar-refractivity contribution in [2.45, 2.75) is 0 Å². The van der Waals surface area contributed by atoms with Crippen molar-refractivity contribution in [2.24, 2.45) is 0 Å². The molecule has 0 bridgehead atoms. The number of aromatic nitrogens is 4. The van der Waals surface area contributed by atoms with Crippen LogP contribution in [0.15, 0.2) is 188 Å². The van der Waals surface area contributed by atoms with Gasteiger partial charge >= 0.3 is 0 Å². The highest BCUT2D eigenvalue weighted by atomic mass is 32.1. The molecule has 8 aromatic carbocycles. The molecule has 0 radical (unpaired) electrons. The molecule has 268 valence electrons. The van der Waals surface area contributed by atoms with Crippen LogP contribution in [0.1, 0.15) is 0 Å². The third-order valence-corrected chi connectivity index (χ3v) is 11.9. The predicted octanol–water partition coefficient (Wildman–Crippen LogP) is 13.4. The fraction of sp³-hybridized carbons (Fsp3) is 0. The number of hydrogen-bond acceptors (Lipinski definition) is 5. The van der Waals surface area contributed by atoms with Gasteiger partial charge < -0.3 is 9.67 Å². The highest BCUT2D eigenvalue weighted by Crippen LogP contribution is 2.49. The van der Waals surface area contributed by atoms with Crippen LogP contribution in [0.2, 0.25) is 0 Å². The van der Waals surface area contributed by atoms with Gasteiger partial charge in [0.1, 0.15) is 5.75 Å². The monoisotopic (exact) mass is 748 g/mol. The number of fused-ring (bicyclic) bond motifs is 6. The molecule has 0 amide bonds. The summed E-state index contributed by atoms with van der Waals surface area (Å²) in [6.07, 6.45) is 0. The van der Waals surface area contributed by atoms with E-state index >= 15 is 0 Å². The summed E-state index contributed by atoms with van der Waals surface area (Å²) in [5.41, 5.74) is 9.66. The van der Waals surface area contributed by atoms with Gasteiger partial charge in [0.2, 0.25) is 0 Å². The summed E-state index contributed by atoms with van der Waals surface area (Å²) in [5, 5.41) is 16.5. The second-order valence-corrected chi connectivity index (χ2v) is 15.2. The van der Waals surface area contributed by atoms with Gasteiger partial charge in [0.25, 0.3) is 0 Å². The van der Waals surface area contributed by atoms with Crippen LogP contribution in [-0.4, -0.2) is 24.6 Å². The predicted molar refractivity (Wildman–Crippen MR) is 236 cm³/mol. The molecule has 57 heavy (non-hydrogen) atoms. The highest BCUT2D eigenvalue weighted by Gasteiger charge is 2.23.